The Balaban J connectivity index is 1.64. The number of carbonyl (C=O) groups excluding carboxylic acids is 2. The molecule has 1 aliphatic heterocycles. The summed E-state index contributed by atoms with van der Waals surface area (Å²) in [5.41, 5.74) is 0.321. The van der Waals surface area contributed by atoms with Gasteiger partial charge in [-0.25, -0.2) is 4.79 Å². The molecule has 3 rings (SSSR count). The van der Waals surface area contributed by atoms with Crippen molar-refractivity contribution in [1.29, 1.82) is 0 Å². The molecule has 1 aromatic heterocycles. The van der Waals surface area contributed by atoms with Crippen molar-refractivity contribution in [1.82, 2.24) is 10.1 Å². The van der Waals surface area contributed by atoms with Gasteiger partial charge in [-0.05, 0) is 52.9 Å². The Hall–Kier alpha value is -2.05. The fourth-order valence-electron chi connectivity index (χ4n) is 3.71. The molecule has 1 aromatic rings. The van der Waals surface area contributed by atoms with Crippen molar-refractivity contribution in [2.45, 2.75) is 83.3 Å². The van der Waals surface area contributed by atoms with Crippen LogP contribution in [-0.4, -0.2) is 40.2 Å². The molecule has 2 fully saturated rings. The molecule has 0 bridgehead atoms. The molecule has 144 valence electrons. The predicted molar refractivity (Wildman–Crippen MR) is 96.9 cm³/mol. The Kier molecular flexibility index (Phi) is 5.53. The zero-order chi connectivity index (χ0) is 18.7. The monoisotopic (exact) mass is 363 g/mol. The maximum atomic E-state index is 12.7. The van der Waals surface area contributed by atoms with Gasteiger partial charge < -0.3 is 9.26 Å². The number of carbonyl (C=O) groups is 2. The second-order valence-electron chi connectivity index (χ2n) is 8.27. The van der Waals surface area contributed by atoms with E-state index in [1.165, 1.54) is 17.7 Å². The summed E-state index contributed by atoms with van der Waals surface area (Å²) in [5.74, 6) is 0.536. The Morgan fingerprint density at radius 2 is 1.88 bits per heavy atom. The molecule has 2 amide bonds. The number of rotatable bonds is 3. The number of piperidine rings is 1. The normalized spacial score (nSPS) is 21.7. The van der Waals surface area contributed by atoms with Crippen LogP contribution in [-0.2, 0) is 9.53 Å². The Bertz CT molecular complexity index is 643. The van der Waals surface area contributed by atoms with Crippen molar-refractivity contribution in [2.24, 2.45) is 0 Å². The maximum Gasteiger partial charge on any atom is 0.410 e. The summed E-state index contributed by atoms with van der Waals surface area (Å²) in [5, 5.41) is 6.89. The number of nitrogens with one attached hydrogen (secondary N) is 1. The van der Waals surface area contributed by atoms with Gasteiger partial charge in [0.15, 0.2) is 0 Å². The smallest absolute Gasteiger partial charge is 0.410 e. The summed E-state index contributed by atoms with van der Waals surface area (Å²) < 4.78 is 10.7. The van der Waals surface area contributed by atoms with Crippen molar-refractivity contribution < 1.29 is 18.8 Å². The average molecular weight is 363 g/mol. The number of hydrogen-bond acceptors (Lipinski definition) is 5. The number of ether oxygens (including phenoxy) is 1. The highest BCUT2D eigenvalue weighted by Crippen LogP contribution is 2.34. The first-order valence-electron chi connectivity index (χ1n) is 9.60. The van der Waals surface area contributed by atoms with E-state index in [1.54, 1.807) is 0 Å². The van der Waals surface area contributed by atoms with Crippen molar-refractivity contribution in [3.63, 3.8) is 0 Å². The molecule has 1 saturated heterocycles. The van der Waals surface area contributed by atoms with Crippen LogP contribution in [0, 0.1) is 0 Å². The van der Waals surface area contributed by atoms with E-state index in [4.69, 9.17) is 9.26 Å². The predicted octanol–water partition coefficient (Wildman–Crippen LogP) is 4.06. The van der Waals surface area contributed by atoms with Gasteiger partial charge in [-0.1, -0.05) is 18.0 Å². The molecule has 1 N–H and O–H groups in total. The lowest BCUT2D eigenvalue weighted by Crippen LogP contribution is -2.51. The molecule has 1 atom stereocenters. The summed E-state index contributed by atoms with van der Waals surface area (Å²) >= 11 is 0. The highest BCUT2D eigenvalue weighted by Gasteiger charge is 2.35. The van der Waals surface area contributed by atoms with Crippen LogP contribution < -0.4 is 5.32 Å². The molecule has 26 heavy (non-hydrogen) atoms. The number of aromatic nitrogens is 1. The minimum Gasteiger partial charge on any atom is -0.444 e. The summed E-state index contributed by atoms with van der Waals surface area (Å²) in [6, 6.07) is 1.27. The van der Waals surface area contributed by atoms with Gasteiger partial charge in [0.25, 0.3) is 0 Å². The standard InChI is InChI=1S/C19H29N3O4/c1-19(2,3)25-18(24)22-11-7-6-10-15(22)17(23)20-16-12-14(21-26-16)13-8-4-5-9-13/h12-13,15H,4-11H2,1-3H3,(H,20,23)/t15-/m0/s1. The van der Waals surface area contributed by atoms with Crippen LogP contribution in [0.3, 0.4) is 0 Å². The van der Waals surface area contributed by atoms with Crippen LogP contribution in [0.4, 0.5) is 10.7 Å². The van der Waals surface area contributed by atoms with E-state index in [1.807, 2.05) is 26.8 Å². The molecule has 7 heteroatoms. The number of hydrogen-bond donors (Lipinski definition) is 1. The van der Waals surface area contributed by atoms with Crippen LogP contribution in [0.25, 0.3) is 0 Å². The molecule has 0 unspecified atom stereocenters. The van der Waals surface area contributed by atoms with Crippen molar-refractivity contribution in [3.05, 3.63) is 11.8 Å². The van der Waals surface area contributed by atoms with Gasteiger partial charge in [-0.2, -0.15) is 0 Å². The molecule has 0 aromatic carbocycles. The third kappa shape index (κ3) is 4.56. The summed E-state index contributed by atoms with van der Waals surface area (Å²) in [4.78, 5) is 26.7. The number of likely N-dealkylation sites (tertiary alicyclic amines) is 1. The first-order valence-corrected chi connectivity index (χ1v) is 9.60. The Morgan fingerprint density at radius 1 is 1.19 bits per heavy atom. The molecule has 0 radical (unpaired) electrons. The number of nitrogens with zero attached hydrogens (tertiary/aromatic N) is 2. The lowest BCUT2D eigenvalue weighted by Gasteiger charge is -2.35. The fraction of sp³-hybridized carbons (Fsp3) is 0.737. The van der Waals surface area contributed by atoms with Gasteiger partial charge in [-0.15, -0.1) is 0 Å². The van der Waals surface area contributed by atoms with E-state index in [0.717, 1.165) is 31.4 Å². The van der Waals surface area contributed by atoms with E-state index < -0.39 is 17.7 Å². The van der Waals surface area contributed by atoms with E-state index in [2.05, 4.69) is 10.5 Å². The van der Waals surface area contributed by atoms with Crippen LogP contribution in [0.15, 0.2) is 10.6 Å². The van der Waals surface area contributed by atoms with Crippen LogP contribution >= 0.6 is 0 Å². The molecule has 2 aliphatic rings. The topological polar surface area (TPSA) is 84.7 Å². The first kappa shape index (κ1) is 18.7. The maximum absolute atomic E-state index is 12.7. The van der Waals surface area contributed by atoms with Crippen LogP contribution in [0.1, 0.15) is 77.3 Å². The Morgan fingerprint density at radius 3 is 2.58 bits per heavy atom. The van der Waals surface area contributed by atoms with Gasteiger partial charge in [0.2, 0.25) is 11.8 Å². The first-order chi connectivity index (χ1) is 12.3. The van der Waals surface area contributed by atoms with E-state index in [-0.39, 0.29) is 5.91 Å². The number of anilines is 1. The minimum atomic E-state index is -0.587. The molecule has 1 aliphatic carbocycles. The van der Waals surface area contributed by atoms with E-state index >= 15 is 0 Å². The van der Waals surface area contributed by atoms with Crippen LogP contribution in [0.2, 0.25) is 0 Å². The van der Waals surface area contributed by atoms with Crippen molar-refractivity contribution >= 4 is 17.9 Å². The summed E-state index contributed by atoms with van der Waals surface area (Å²) in [7, 11) is 0. The quantitative estimate of drug-likeness (QED) is 0.875. The molecule has 0 spiro atoms. The second-order valence-corrected chi connectivity index (χ2v) is 8.27. The zero-order valence-electron chi connectivity index (χ0n) is 15.9. The molecule has 1 saturated carbocycles. The van der Waals surface area contributed by atoms with Crippen LogP contribution in [0.5, 0.6) is 0 Å². The molecule has 7 nitrogen and oxygen atoms in total. The summed E-state index contributed by atoms with van der Waals surface area (Å²) in [6.07, 6.45) is 6.62. The minimum absolute atomic E-state index is 0.246. The van der Waals surface area contributed by atoms with Gasteiger partial charge in [0.1, 0.15) is 11.6 Å². The van der Waals surface area contributed by atoms with Gasteiger partial charge >= 0.3 is 6.09 Å². The SMILES string of the molecule is CC(C)(C)OC(=O)N1CCCC[C@H]1C(=O)Nc1cc(C2CCCC2)no1. The fourth-order valence-corrected chi connectivity index (χ4v) is 3.71. The molecular weight excluding hydrogens is 334 g/mol. The third-order valence-corrected chi connectivity index (χ3v) is 4.98. The highest BCUT2D eigenvalue weighted by atomic mass is 16.6. The zero-order valence-corrected chi connectivity index (χ0v) is 15.9. The van der Waals surface area contributed by atoms with E-state index in [0.29, 0.717) is 24.8 Å². The molecular formula is C19H29N3O4. The lowest BCUT2D eigenvalue weighted by atomic mass is 10.0. The third-order valence-electron chi connectivity index (χ3n) is 4.98. The van der Waals surface area contributed by atoms with Crippen molar-refractivity contribution in [2.75, 3.05) is 11.9 Å². The second kappa shape index (κ2) is 7.68. The Labute approximate surface area is 154 Å². The largest absolute Gasteiger partial charge is 0.444 e. The van der Waals surface area contributed by atoms with Gasteiger partial charge in [0.05, 0.1) is 5.69 Å². The van der Waals surface area contributed by atoms with Gasteiger partial charge in [0, 0.05) is 18.5 Å². The van der Waals surface area contributed by atoms with E-state index in [9.17, 15) is 9.59 Å². The lowest BCUT2D eigenvalue weighted by molar-refractivity contribution is -0.122. The summed E-state index contributed by atoms with van der Waals surface area (Å²) in [6.45, 7) is 5.99. The van der Waals surface area contributed by atoms with Gasteiger partial charge in [-0.3, -0.25) is 15.0 Å². The average Bonchev–Trinajstić information content (AvgIpc) is 3.24. The number of amides is 2. The molecule has 2 heterocycles. The highest BCUT2D eigenvalue weighted by molar-refractivity contribution is 5.95. The van der Waals surface area contributed by atoms with Crippen molar-refractivity contribution in [3.8, 4) is 0 Å².